The highest BCUT2D eigenvalue weighted by Crippen LogP contribution is 2.15. The summed E-state index contributed by atoms with van der Waals surface area (Å²) in [5.41, 5.74) is 0.0260. The van der Waals surface area contributed by atoms with Crippen LogP contribution in [0.3, 0.4) is 0 Å². The number of pyridine rings is 1. The minimum absolute atomic E-state index is 0.0260. The van der Waals surface area contributed by atoms with E-state index in [0.717, 1.165) is 32.4 Å². The second-order valence-electron chi connectivity index (χ2n) is 4.18. The van der Waals surface area contributed by atoms with Crippen molar-refractivity contribution in [3.63, 3.8) is 0 Å². The number of hydrogen-bond donors (Lipinski definition) is 2. The Bertz CT molecular complexity index is 372. The molecule has 2 N–H and O–H groups in total. The van der Waals surface area contributed by atoms with Gasteiger partial charge in [0.1, 0.15) is 12.0 Å². The van der Waals surface area contributed by atoms with Crippen LogP contribution in [0.5, 0.6) is 0 Å². The van der Waals surface area contributed by atoms with Crippen LogP contribution in [-0.2, 0) is 0 Å². The Morgan fingerprint density at radius 1 is 1.41 bits per heavy atom. The zero-order chi connectivity index (χ0) is 12.1. The number of nitrogens with one attached hydrogen (secondary N) is 2. The molecule has 2 rings (SSSR count). The molecule has 0 spiro atoms. The van der Waals surface area contributed by atoms with Gasteiger partial charge >= 0.3 is 0 Å². The normalized spacial score (nSPS) is 20.6. The first-order valence-corrected chi connectivity index (χ1v) is 5.83. The van der Waals surface area contributed by atoms with Crippen LogP contribution in [-0.4, -0.2) is 29.0 Å². The summed E-state index contributed by atoms with van der Waals surface area (Å²) in [5.74, 6) is 0.711. The van der Waals surface area contributed by atoms with E-state index >= 15 is 0 Å². The van der Waals surface area contributed by atoms with E-state index in [1.54, 1.807) is 6.07 Å². The van der Waals surface area contributed by atoms with E-state index < -0.39 is 4.92 Å². The van der Waals surface area contributed by atoms with Gasteiger partial charge in [0.05, 0.1) is 4.92 Å². The Hall–Kier alpha value is -1.69. The molecule has 1 unspecified atom stereocenters. The molecule has 0 aliphatic carbocycles. The molecule has 6 heteroatoms. The summed E-state index contributed by atoms with van der Waals surface area (Å²) >= 11 is 0. The maximum Gasteiger partial charge on any atom is 0.287 e. The Balaban J connectivity index is 1.95. The van der Waals surface area contributed by atoms with Gasteiger partial charge in [-0.3, -0.25) is 10.1 Å². The quantitative estimate of drug-likeness (QED) is 0.614. The van der Waals surface area contributed by atoms with Gasteiger partial charge < -0.3 is 10.6 Å². The van der Waals surface area contributed by atoms with Crippen LogP contribution in [0, 0.1) is 10.1 Å². The molecule has 92 valence electrons. The standard InChI is InChI=1S/C11H16N4O2/c16-15(17)10-3-4-11(13-8-10)14-9-2-1-6-12-7-5-9/h3-4,8-9,12H,1-2,5-7H2,(H,13,14). The topological polar surface area (TPSA) is 80.1 Å². The summed E-state index contributed by atoms with van der Waals surface area (Å²) < 4.78 is 0. The molecular weight excluding hydrogens is 220 g/mol. The van der Waals surface area contributed by atoms with Crippen molar-refractivity contribution in [2.75, 3.05) is 18.4 Å². The number of nitrogens with zero attached hydrogens (tertiary/aromatic N) is 2. The SMILES string of the molecule is O=[N+]([O-])c1ccc(NC2CCCNCC2)nc1. The lowest BCUT2D eigenvalue weighted by atomic mass is 10.1. The van der Waals surface area contributed by atoms with E-state index in [4.69, 9.17) is 0 Å². The van der Waals surface area contributed by atoms with Crippen LogP contribution in [0.2, 0.25) is 0 Å². The zero-order valence-corrected chi connectivity index (χ0v) is 9.56. The van der Waals surface area contributed by atoms with Crippen LogP contribution in [0.25, 0.3) is 0 Å². The average molecular weight is 236 g/mol. The molecule has 0 aromatic carbocycles. The highest BCUT2D eigenvalue weighted by molar-refractivity contribution is 5.40. The average Bonchev–Trinajstić information content (AvgIpc) is 2.58. The van der Waals surface area contributed by atoms with E-state index in [0.29, 0.717) is 11.9 Å². The third kappa shape index (κ3) is 3.39. The molecule has 6 nitrogen and oxygen atoms in total. The van der Waals surface area contributed by atoms with Crippen molar-refractivity contribution in [3.8, 4) is 0 Å². The predicted molar refractivity (Wildman–Crippen MR) is 65.0 cm³/mol. The number of aromatic nitrogens is 1. The molecule has 1 fully saturated rings. The van der Waals surface area contributed by atoms with Crippen LogP contribution < -0.4 is 10.6 Å². The van der Waals surface area contributed by atoms with Gasteiger partial charge in [0, 0.05) is 12.1 Å². The maximum atomic E-state index is 10.5. The molecule has 0 saturated carbocycles. The van der Waals surface area contributed by atoms with Crippen molar-refractivity contribution in [2.45, 2.75) is 25.3 Å². The third-order valence-electron chi connectivity index (χ3n) is 2.89. The molecule has 1 aromatic heterocycles. The van der Waals surface area contributed by atoms with Crippen LogP contribution in [0.15, 0.2) is 18.3 Å². The van der Waals surface area contributed by atoms with E-state index in [1.165, 1.54) is 12.3 Å². The maximum absolute atomic E-state index is 10.5. The molecule has 1 aliphatic heterocycles. The zero-order valence-electron chi connectivity index (χ0n) is 9.56. The van der Waals surface area contributed by atoms with Gasteiger partial charge in [-0.25, -0.2) is 4.98 Å². The first-order valence-electron chi connectivity index (χ1n) is 5.83. The fourth-order valence-corrected chi connectivity index (χ4v) is 1.95. The molecule has 1 aromatic rings. The highest BCUT2D eigenvalue weighted by atomic mass is 16.6. The van der Waals surface area contributed by atoms with E-state index in [9.17, 15) is 10.1 Å². The number of nitro groups is 1. The lowest BCUT2D eigenvalue weighted by Gasteiger charge is -2.16. The van der Waals surface area contributed by atoms with Crippen molar-refractivity contribution >= 4 is 11.5 Å². The first kappa shape index (κ1) is 11.8. The molecule has 0 radical (unpaired) electrons. The third-order valence-corrected chi connectivity index (χ3v) is 2.89. The summed E-state index contributed by atoms with van der Waals surface area (Å²) in [7, 11) is 0. The Kier molecular flexibility index (Phi) is 3.87. The van der Waals surface area contributed by atoms with Gasteiger partial charge in [-0.1, -0.05) is 0 Å². The van der Waals surface area contributed by atoms with Gasteiger partial charge in [-0.2, -0.15) is 0 Å². The fourth-order valence-electron chi connectivity index (χ4n) is 1.95. The lowest BCUT2D eigenvalue weighted by Crippen LogP contribution is -2.21. The van der Waals surface area contributed by atoms with Crippen molar-refractivity contribution in [1.82, 2.24) is 10.3 Å². The minimum Gasteiger partial charge on any atom is -0.367 e. The van der Waals surface area contributed by atoms with Crippen molar-refractivity contribution < 1.29 is 4.92 Å². The number of hydrogen-bond acceptors (Lipinski definition) is 5. The summed E-state index contributed by atoms with van der Waals surface area (Å²) in [5, 5.41) is 17.1. The second kappa shape index (κ2) is 5.58. The molecule has 1 atom stereocenters. The predicted octanol–water partition coefficient (Wildman–Crippen LogP) is 1.54. The van der Waals surface area contributed by atoms with Crippen LogP contribution in [0.4, 0.5) is 11.5 Å². The monoisotopic (exact) mass is 236 g/mol. The smallest absolute Gasteiger partial charge is 0.287 e. The molecular formula is C11H16N4O2. The fraction of sp³-hybridized carbons (Fsp3) is 0.545. The molecule has 0 bridgehead atoms. The second-order valence-corrected chi connectivity index (χ2v) is 4.18. The Morgan fingerprint density at radius 3 is 3.00 bits per heavy atom. The van der Waals surface area contributed by atoms with Crippen molar-refractivity contribution in [2.24, 2.45) is 0 Å². The molecule has 0 amide bonds. The van der Waals surface area contributed by atoms with Crippen molar-refractivity contribution in [1.29, 1.82) is 0 Å². The molecule has 17 heavy (non-hydrogen) atoms. The lowest BCUT2D eigenvalue weighted by molar-refractivity contribution is -0.385. The summed E-state index contributed by atoms with van der Waals surface area (Å²) in [6, 6.07) is 3.54. The van der Waals surface area contributed by atoms with Gasteiger partial charge in [0.25, 0.3) is 5.69 Å². The highest BCUT2D eigenvalue weighted by Gasteiger charge is 2.12. The van der Waals surface area contributed by atoms with Gasteiger partial charge in [0.15, 0.2) is 0 Å². The number of rotatable bonds is 3. The van der Waals surface area contributed by atoms with E-state index in [-0.39, 0.29) is 5.69 Å². The summed E-state index contributed by atoms with van der Waals surface area (Å²) in [6.45, 7) is 2.07. The van der Waals surface area contributed by atoms with E-state index in [1.807, 2.05) is 0 Å². The van der Waals surface area contributed by atoms with Gasteiger partial charge in [-0.15, -0.1) is 0 Å². The molecule has 2 heterocycles. The summed E-state index contributed by atoms with van der Waals surface area (Å²) in [4.78, 5) is 14.1. The van der Waals surface area contributed by atoms with Gasteiger partial charge in [-0.05, 0) is 38.4 Å². The summed E-state index contributed by atoms with van der Waals surface area (Å²) in [6.07, 6.45) is 4.59. The Labute approximate surface area is 99.6 Å². The Morgan fingerprint density at radius 2 is 2.29 bits per heavy atom. The number of anilines is 1. The van der Waals surface area contributed by atoms with Crippen molar-refractivity contribution in [3.05, 3.63) is 28.4 Å². The van der Waals surface area contributed by atoms with Crippen LogP contribution >= 0.6 is 0 Å². The first-order chi connectivity index (χ1) is 8.25. The largest absolute Gasteiger partial charge is 0.367 e. The van der Waals surface area contributed by atoms with E-state index in [2.05, 4.69) is 15.6 Å². The molecule has 1 aliphatic rings. The minimum atomic E-state index is -0.438. The molecule has 1 saturated heterocycles. The van der Waals surface area contributed by atoms with Crippen LogP contribution in [0.1, 0.15) is 19.3 Å². The van der Waals surface area contributed by atoms with Gasteiger partial charge in [0.2, 0.25) is 0 Å².